The predicted octanol–water partition coefficient (Wildman–Crippen LogP) is 3.55. The number of hydrogen-bond acceptors (Lipinski definition) is 1. The summed E-state index contributed by atoms with van der Waals surface area (Å²) < 4.78 is 0. The maximum Gasteiger partial charge on any atom is 0.0440 e. The number of nitrogens with zero attached hydrogens (tertiary/aromatic N) is 1. The fourth-order valence-corrected chi connectivity index (χ4v) is 2.48. The Balaban J connectivity index is 2.30. The van der Waals surface area contributed by atoms with E-state index in [1.165, 1.54) is 37.8 Å². The van der Waals surface area contributed by atoms with Gasteiger partial charge in [-0.3, -0.25) is 4.98 Å². The Morgan fingerprint density at radius 3 is 2.80 bits per heavy atom. The van der Waals surface area contributed by atoms with Gasteiger partial charge in [-0.1, -0.05) is 20.3 Å². The standard InChI is InChI=1S/C14H21N/c1-11(2)10-14-13-7-5-3-4-6-12(13)8-9-15-14/h8-9,11H,3-7,10H2,1-2H3. The predicted molar refractivity (Wildman–Crippen MR) is 64.0 cm³/mol. The molecule has 0 bridgehead atoms. The Morgan fingerprint density at radius 2 is 2.00 bits per heavy atom. The number of rotatable bonds is 2. The van der Waals surface area contributed by atoms with Gasteiger partial charge in [0.05, 0.1) is 0 Å². The molecule has 1 nitrogen and oxygen atoms in total. The van der Waals surface area contributed by atoms with E-state index < -0.39 is 0 Å². The van der Waals surface area contributed by atoms with Crippen LogP contribution in [0.1, 0.15) is 49.9 Å². The molecule has 1 aliphatic carbocycles. The Kier molecular flexibility index (Phi) is 3.40. The Labute approximate surface area is 92.9 Å². The van der Waals surface area contributed by atoms with Gasteiger partial charge in [-0.05, 0) is 55.2 Å². The number of hydrogen-bond donors (Lipinski definition) is 0. The Hall–Kier alpha value is -0.850. The number of aryl methyl sites for hydroxylation is 1. The molecule has 1 aromatic heterocycles. The van der Waals surface area contributed by atoms with Gasteiger partial charge in [0.25, 0.3) is 0 Å². The quantitative estimate of drug-likeness (QED) is 0.670. The van der Waals surface area contributed by atoms with Crippen LogP contribution in [0.2, 0.25) is 0 Å². The fraction of sp³-hybridized carbons (Fsp3) is 0.643. The molecule has 1 heteroatoms. The largest absolute Gasteiger partial charge is 0.261 e. The summed E-state index contributed by atoms with van der Waals surface area (Å²) in [4.78, 5) is 4.57. The van der Waals surface area contributed by atoms with Crippen molar-refractivity contribution >= 4 is 0 Å². The summed E-state index contributed by atoms with van der Waals surface area (Å²) in [6, 6.07) is 2.23. The molecule has 0 spiro atoms. The van der Waals surface area contributed by atoms with Gasteiger partial charge in [0.2, 0.25) is 0 Å². The van der Waals surface area contributed by atoms with Crippen molar-refractivity contribution in [3.05, 3.63) is 29.1 Å². The summed E-state index contributed by atoms with van der Waals surface area (Å²) in [6.07, 6.45) is 9.76. The number of fused-ring (bicyclic) bond motifs is 1. The zero-order valence-electron chi connectivity index (χ0n) is 9.92. The minimum Gasteiger partial charge on any atom is -0.261 e. The summed E-state index contributed by atoms with van der Waals surface area (Å²) in [7, 11) is 0. The highest BCUT2D eigenvalue weighted by Gasteiger charge is 2.13. The van der Waals surface area contributed by atoms with Crippen molar-refractivity contribution in [3.63, 3.8) is 0 Å². The molecule has 82 valence electrons. The van der Waals surface area contributed by atoms with E-state index in [9.17, 15) is 0 Å². The molecule has 0 N–H and O–H groups in total. The van der Waals surface area contributed by atoms with E-state index in [1.807, 2.05) is 6.20 Å². The van der Waals surface area contributed by atoms with Gasteiger partial charge in [0.15, 0.2) is 0 Å². The number of aromatic nitrogens is 1. The molecule has 0 aliphatic heterocycles. The lowest BCUT2D eigenvalue weighted by molar-refractivity contribution is 0.627. The van der Waals surface area contributed by atoms with Crippen LogP contribution in [0.3, 0.4) is 0 Å². The van der Waals surface area contributed by atoms with E-state index in [4.69, 9.17) is 0 Å². The lowest BCUT2D eigenvalue weighted by Gasteiger charge is -2.12. The molecule has 2 rings (SSSR count). The fourth-order valence-electron chi connectivity index (χ4n) is 2.48. The lowest BCUT2D eigenvalue weighted by atomic mass is 9.97. The molecule has 0 unspecified atom stereocenters. The molecule has 0 radical (unpaired) electrons. The maximum absolute atomic E-state index is 4.57. The molecule has 0 aromatic carbocycles. The summed E-state index contributed by atoms with van der Waals surface area (Å²) in [5, 5.41) is 0. The van der Waals surface area contributed by atoms with E-state index in [0.717, 1.165) is 6.42 Å². The zero-order chi connectivity index (χ0) is 10.7. The van der Waals surface area contributed by atoms with Crippen LogP contribution in [0.15, 0.2) is 12.3 Å². The van der Waals surface area contributed by atoms with Crippen molar-refractivity contribution in [2.45, 2.75) is 52.4 Å². The molecular formula is C14H21N. The van der Waals surface area contributed by atoms with Crippen molar-refractivity contribution in [2.75, 3.05) is 0 Å². The van der Waals surface area contributed by atoms with Gasteiger partial charge in [-0.2, -0.15) is 0 Å². The molecule has 15 heavy (non-hydrogen) atoms. The van der Waals surface area contributed by atoms with Crippen LogP contribution in [0.25, 0.3) is 0 Å². The minimum absolute atomic E-state index is 0.715. The minimum atomic E-state index is 0.715. The SMILES string of the molecule is CC(C)Cc1nccc2c1CCCCC2. The van der Waals surface area contributed by atoms with Gasteiger partial charge in [-0.15, -0.1) is 0 Å². The average molecular weight is 203 g/mol. The monoisotopic (exact) mass is 203 g/mol. The van der Waals surface area contributed by atoms with Crippen LogP contribution in [0.4, 0.5) is 0 Å². The zero-order valence-corrected chi connectivity index (χ0v) is 9.92. The summed E-state index contributed by atoms with van der Waals surface area (Å²) in [6.45, 7) is 4.55. The molecule has 0 fully saturated rings. The van der Waals surface area contributed by atoms with E-state index in [0.29, 0.717) is 5.92 Å². The van der Waals surface area contributed by atoms with Crippen molar-refractivity contribution in [1.82, 2.24) is 4.98 Å². The third kappa shape index (κ3) is 2.58. The van der Waals surface area contributed by atoms with Gasteiger partial charge in [0.1, 0.15) is 0 Å². The van der Waals surface area contributed by atoms with Gasteiger partial charge >= 0.3 is 0 Å². The highest BCUT2D eigenvalue weighted by atomic mass is 14.7. The molecule has 0 amide bonds. The smallest absolute Gasteiger partial charge is 0.0440 e. The second-order valence-corrected chi connectivity index (χ2v) is 5.05. The van der Waals surface area contributed by atoms with Gasteiger partial charge < -0.3 is 0 Å². The van der Waals surface area contributed by atoms with Crippen LogP contribution in [-0.2, 0) is 19.3 Å². The molecule has 0 saturated carbocycles. The van der Waals surface area contributed by atoms with E-state index >= 15 is 0 Å². The second-order valence-electron chi connectivity index (χ2n) is 5.05. The molecule has 1 aromatic rings. The first-order chi connectivity index (χ1) is 7.27. The Morgan fingerprint density at radius 1 is 1.20 bits per heavy atom. The van der Waals surface area contributed by atoms with Gasteiger partial charge in [-0.25, -0.2) is 0 Å². The van der Waals surface area contributed by atoms with Crippen LogP contribution in [-0.4, -0.2) is 4.98 Å². The highest BCUT2D eigenvalue weighted by Crippen LogP contribution is 2.23. The molecule has 1 heterocycles. The maximum atomic E-state index is 4.57. The first-order valence-corrected chi connectivity index (χ1v) is 6.23. The normalized spacial score (nSPS) is 16.2. The van der Waals surface area contributed by atoms with Crippen LogP contribution >= 0.6 is 0 Å². The van der Waals surface area contributed by atoms with Crippen LogP contribution < -0.4 is 0 Å². The molecule has 0 atom stereocenters. The summed E-state index contributed by atoms with van der Waals surface area (Å²) >= 11 is 0. The molecule has 0 saturated heterocycles. The molecular weight excluding hydrogens is 182 g/mol. The van der Waals surface area contributed by atoms with Crippen molar-refractivity contribution in [1.29, 1.82) is 0 Å². The van der Waals surface area contributed by atoms with Crippen molar-refractivity contribution in [3.8, 4) is 0 Å². The Bertz CT molecular complexity index is 328. The van der Waals surface area contributed by atoms with Crippen molar-refractivity contribution in [2.24, 2.45) is 5.92 Å². The summed E-state index contributed by atoms with van der Waals surface area (Å²) in [5.74, 6) is 0.715. The van der Waals surface area contributed by atoms with E-state index in [2.05, 4.69) is 24.9 Å². The van der Waals surface area contributed by atoms with Crippen molar-refractivity contribution < 1.29 is 0 Å². The summed E-state index contributed by atoms with van der Waals surface area (Å²) in [5.41, 5.74) is 4.51. The molecule has 1 aliphatic rings. The first-order valence-electron chi connectivity index (χ1n) is 6.23. The van der Waals surface area contributed by atoms with Gasteiger partial charge in [0, 0.05) is 11.9 Å². The van der Waals surface area contributed by atoms with E-state index in [1.54, 1.807) is 11.1 Å². The third-order valence-corrected chi connectivity index (χ3v) is 3.22. The lowest BCUT2D eigenvalue weighted by Crippen LogP contribution is -2.04. The average Bonchev–Trinajstić information content (AvgIpc) is 2.42. The highest BCUT2D eigenvalue weighted by molar-refractivity contribution is 5.31. The second kappa shape index (κ2) is 4.78. The number of pyridine rings is 1. The third-order valence-electron chi connectivity index (χ3n) is 3.22. The van der Waals surface area contributed by atoms with E-state index in [-0.39, 0.29) is 0 Å². The van der Waals surface area contributed by atoms with Crippen LogP contribution in [0, 0.1) is 5.92 Å². The van der Waals surface area contributed by atoms with Crippen LogP contribution in [0.5, 0.6) is 0 Å². The first kappa shape index (κ1) is 10.7. The topological polar surface area (TPSA) is 12.9 Å².